The standard InChI is InChI=1S/C22H18BrN5O3/c1-12-2-3-13(9-17(12)23)18-11-28(26-25-18)15-4-5-16-14(8-15)10-27(22(16)31)19-6-7-20(29)24-21(19)30/h2-5,8-9,11,19H,6-7,10H2,1H3,(H,24,29,30). The number of carbonyl (C=O) groups excluding carboxylic acids is 3. The highest BCUT2D eigenvalue weighted by molar-refractivity contribution is 9.10. The number of aryl methyl sites for hydroxylation is 1. The van der Waals surface area contributed by atoms with Crippen molar-refractivity contribution in [3.05, 3.63) is 63.8 Å². The van der Waals surface area contributed by atoms with Crippen LogP contribution in [0.5, 0.6) is 0 Å². The second-order valence-electron chi connectivity index (χ2n) is 7.75. The monoisotopic (exact) mass is 479 g/mol. The zero-order chi connectivity index (χ0) is 21.7. The molecule has 0 saturated carbocycles. The Kier molecular flexibility index (Phi) is 4.70. The highest BCUT2D eigenvalue weighted by Gasteiger charge is 2.39. The first-order valence-electron chi connectivity index (χ1n) is 9.87. The fourth-order valence-corrected chi connectivity index (χ4v) is 4.36. The maximum Gasteiger partial charge on any atom is 0.255 e. The fraction of sp³-hybridized carbons (Fsp3) is 0.227. The van der Waals surface area contributed by atoms with Gasteiger partial charge >= 0.3 is 0 Å². The average molecular weight is 480 g/mol. The SMILES string of the molecule is Cc1ccc(-c2cn(-c3ccc4c(c3)CN(C3CCC(=O)NC3=O)C4=O)nn2)cc1Br. The van der Waals surface area contributed by atoms with Gasteiger partial charge in [-0.05, 0) is 48.7 Å². The van der Waals surface area contributed by atoms with Crippen molar-refractivity contribution >= 4 is 33.7 Å². The summed E-state index contributed by atoms with van der Waals surface area (Å²) in [6.07, 6.45) is 2.42. The van der Waals surface area contributed by atoms with E-state index in [4.69, 9.17) is 0 Å². The molecule has 0 bridgehead atoms. The molecule has 3 aromatic rings. The Bertz CT molecular complexity index is 1250. The molecule has 2 aromatic carbocycles. The second kappa shape index (κ2) is 7.42. The van der Waals surface area contributed by atoms with Crippen LogP contribution in [0.3, 0.4) is 0 Å². The Balaban J connectivity index is 1.41. The summed E-state index contributed by atoms with van der Waals surface area (Å²) in [7, 11) is 0. The van der Waals surface area contributed by atoms with Crippen molar-refractivity contribution in [2.75, 3.05) is 0 Å². The summed E-state index contributed by atoms with van der Waals surface area (Å²) in [4.78, 5) is 38.0. The molecule has 0 radical (unpaired) electrons. The number of halogens is 1. The number of rotatable bonds is 3. The van der Waals surface area contributed by atoms with Gasteiger partial charge in [-0.25, -0.2) is 4.68 Å². The van der Waals surface area contributed by atoms with Gasteiger partial charge in [-0.3, -0.25) is 19.7 Å². The number of fused-ring (bicyclic) bond motifs is 1. The van der Waals surface area contributed by atoms with Crippen LogP contribution in [0, 0.1) is 6.92 Å². The Hall–Kier alpha value is -3.33. The molecule has 2 aliphatic heterocycles. The Morgan fingerprint density at radius 3 is 2.74 bits per heavy atom. The van der Waals surface area contributed by atoms with Gasteiger partial charge < -0.3 is 4.90 Å². The number of imide groups is 1. The van der Waals surface area contributed by atoms with Gasteiger partial charge in [0.2, 0.25) is 11.8 Å². The molecule has 1 fully saturated rings. The van der Waals surface area contributed by atoms with Gasteiger partial charge in [-0.15, -0.1) is 5.10 Å². The van der Waals surface area contributed by atoms with E-state index in [9.17, 15) is 14.4 Å². The number of carbonyl (C=O) groups is 3. The van der Waals surface area contributed by atoms with Crippen molar-refractivity contribution in [2.24, 2.45) is 0 Å². The van der Waals surface area contributed by atoms with Crippen molar-refractivity contribution in [3.8, 4) is 16.9 Å². The van der Waals surface area contributed by atoms with Crippen LogP contribution in [0.15, 0.2) is 47.1 Å². The molecule has 1 N–H and O–H groups in total. The van der Waals surface area contributed by atoms with Crippen LogP contribution in [0.2, 0.25) is 0 Å². The molecule has 3 heterocycles. The first-order chi connectivity index (χ1) is 14.9. The summed E-state index contributed by atoms with van der Waals surface area (Å²) in [5.41, 5.74) is 4.99. The van der Waals surface area contributed by atoms with E-state index >= 15 is 0 Å². The maximum absolute atomic E-state index is 12.8. The summed E-state index contributed by atoms with van der Waals surface area (Å²) < 4.78 is 2.67. The molecule has 1 saturated heterocycles. The van der Waals surface area contributed by atoms with E-state index in [1.807, 2.05) is 43.5 Å². The Morgan fingerprint density at radius 1 is 1.13 bits per heavy atom. The van der Waals surface area contributed by atoms with Crippen molar-refractivity contribution in [2.45, 2.75) is 32.4 Å². The number of nitrogens with one attached hydrogen (secondary N) is 1. The second-order valence-corrected chi connectivity index (χ2v) is 8.61. The van der Waals surface area contributed by atoms with Gasteiger partial charge in [0.25, 0.3) is 5.91 Å². The van der Waals surface area contributed by atoms with E-state index in [1.165, 1.54) is 4.90 Å². The zero-order valence-electron chi connectivity index (χ0n) is 16.6. The van der Waals surface area contributed by atoms with E-state index < -0.39 is 11.9 Å². The van der Waals surface area contributed by atoms with Crippen LogP contribution in [-0.4, -0.2) is 43.7 Å². The number of hydrogen-bond donors (Lipinski definition) is 1. The minimum atomic E-state index is -0.626. The third-order valence-electron chi connectivity index (χ3n) is 5.73. The van der Waals surface area contributed by atoms with Gasteiger partial charge in [-0.1, -0.05) is 33.3 Å². The highest BCUT2D eigenvalue weighted by atomic mass is 79.9. The molecule has 0 aliphatic carbocycles. The molecule has 156 valence electrons. The molecular weight excluding hydrogens is 462 g/mol. The number of benzene rings is 2. The Labute approximate surface area is 186 Å². The highest BCUT2D eigenvalue weighted by Crippen LogP contribution is 2.30. The number of nitrogens with zero attached hydrogens (tertiary/aromatic N) is 4. The number of hydrogen-bond acceptors (Lipinski definition) is 5. The summed E-state index contributed by atoms with van der Waals surface area (Å²) >= 11 is 3.54. The minimum Gasteiger partial charge on any atom is -0.322 e. The largest absolute Gasteiger partial charge is 0.322 e. The molecule has 1 unspecified atom stereocenters. The average Bonchev–Trinajstić information content (AvgIpc) is 3.35. The zero-order valence-corrected chi connectivity index (χ0v) is 18.2. The molecule has 9 heteroatoms. The maximum atomic E-state index is 12.8. The van der Waals surface area contributed by atoms with E-state index in [0.29, 0.717) is 18.5 Å². The molecular formula is C22H18BrN5O3. The van der Waals surface area contributed by atoms with Crippen molar-refractivity contribution < 1.29 is 14.4 Å². The molecule has 8 nitrogen and oxygen atoms in total. The lowest BCUT2D eigenvalue weighted by molar-refractivity contribution is -0.136. The molecule has 2 aliphatic rings. The lowest BCUT2D eigenvalue weighted by atomic mass is 10.0. The molecule has 3 amide bonds. The van der Waals surface area contributed by atoms with Gasteiger partial charge in [0, 0.05) is 28.6 Å². The first-order valence-corrected chi connectivity index (χ1v) is 10.7. The minimum absolute atomic E-state index is 0.195. The van der Waals surface area contributed by atoms with E-state index in [1.54, 1.807) is 10.7 Å². The summed E-state index contributed by atoms with van der Waals surface area (Å²) in [6, 6.07) is 10.8. The van der Waals surface area contributed by atoms with Crippen LogP contribution >= 0.6 is 15.9 Å². The number of aromatic nitrogens is 3. The Morgan fingerprint density at radius 2 is 1.97 bits per heavy atom. The number of amides is 3. The normalized spacial score (nSPS) is 18.3. The van der Waals surface area contributed by atoms with Crippen molar-refractivity contribution in [1.82, 2.24) is 25.2 Å². The lowest BCUT2D eigenvalue weighted by Gasteiger charge is -2.29. The lowest BCUT2D eigenvalue weighted by Crippen LogP contribution is -2.52. The van der Waals surface area contributed by atoms with Crippen molar-refractivity contribution in [3.63, 3.8) is 0 Å². The smallest absolute Gasteiger partial charge is 0.255 e. The molecule has 5 rings (SSSR count). The molecule has 1 aromatic heterocycles. The van der Waals surface area contributed by atoms with E-state index in [-0.39, 0.29) is 18.2 Å². The predicted molar refractivity (Wildman–Crippen MR) is 115 cm³/mol. The topological polar surface area (TPSA) is 97.2 Å². The third-order valence-corrected chi connectivity index (χ3v) is 6.59. The third kappa shape index (κ3) is 3.44. The van der Waals surface area contributed by atoms with E-state index in [2.05, 4.69) is 31.6 Å². The fourth-order valence-electron chi connectivity index (χ4n) is 3.98. The summed E-state index contributed by atoms with van der Waals surface area (Å²) in [6.45, 7) is 2.34. The summed E-state index contributed by atoms with van der Waals surface area (Å²) in [5, 5.41) is 10.8. The van der Waals surface area contributed by atoms with E-state index in [0.717, 1.165) is 32.5 Å². The van der Waals surface area contributed by atoms with Gasteiger partial charge in [-0.2, -0.15) is 0 Å². The van der Waals surface area contributed by atoms with Crippen molar-refractivity contribution in [1.29, 1.82) is 0 Å². The van der Waals surface area contributed by atoms with Gasteiger partial charge in [0.05, 0.1) is 11.9 Å². The van der Waals surface area contributed by atoms with Crippen LogP contribution in [0.25, 0.3) is 16.9 Å². The van der Waals surface area contributed by atoms with Crippen LogP contribution in [0.1, 0.15) is 34.3 Å². The van der Waals surface area contributed by atoms with Gasteiger partial charge in [0.1, 0.15) is 11.7 Å². The molecule has 31 heavy (non-hydrogen) atoms. The summed E-state index contributed by atoms with van der Waals surface area (Å²) in [5.74, 6) is -0.905. The van der Waals surface area contributed by atoms with Crippen LogP contribution < -0.4 is 5.32 Å². The predicted octanol–water partition coefficient (Wildman–Crippen LogP) is 2.77. The first kappa shape index (κ1) is 19.6. The molecule has 1 atom stereocenters. The number of piperidine rings is 1. The quantitative estimate of drug-likeness (QED) is 0.582. The van der Waals surface area contributed by atoms with Gasteiger partial charge in [0.15, 0.2) is 0 Å². The van der Waals surface area contributed by atoms with Crippen LogP contribution in [-0.2, 0) is 16.1 Å². The van der Waals surface area contributed by atoms with Crippen LogP contribution in [0.4, 0.5) is 0 Å². The molecule has 0 spiro atoms.